The zero-order chi connectivity index (χ0) is 22.0. The van der Waals surface area contributed by atoms with Gasteiger partial charge >= 0.3 is 0 Å². The number of nitrogens with zero attached hydrogens (tertiary/aromatic N) is 1. The van der Waals surface area contributed by atoms with E-state index in [1.165, 1.54) is 0 Å². The van der Waals surface area contributed by atoms with Crippen molar-refractivity contribution in [2.45, 2.75) is 57.6 Å². The second-order valence-electron chi connectivity index (χ2n) is 8.41. The summed E-state index contributed by atoms with van der Waals surface area (Å²) >= 11 is 1.57. The highest BCUT2D eigenvalue weighted by Crippen LogP contribution is 2.48. The van der Waals surface area contributed by atoms with E-state index in [1.54, 1.807) is 22.7 Å². The number of rotatable bonds is 8. The van der Waals surface area contributed by atoms with Gasteiger partial charge in [-0.25, -0.2) is 0 Å². The number of aliphatic hydroxyl groups excluding tert-OH is 1. The van der Waals surface area contributed by atoms with Crippen molar-refractivity contribution in [2.75, 3.05) is 12.4 Å². The van der Waals surface area contributed by atoms with Gasteiger partial charge in [-0.15, -0.1) is 11.8 Å². The molecule has 2 heterocycles. The van der Waals surface area contributed by atoms with Gasteiger partial charge < -0.3 is 20.6 Å². The molecule has 0 aromatic heterocycles. The van der Waals surface area contributed by atoms with Gasteiger partial charge in [-0.1, -0.05) is 52.3 Å². The number of benzene rings is 1. The highest BCUT2D eigenvalue weighted by molar-refractivity contribution is 7.99. The van der Waals surface area contributed by atoms with E-state index in [0.717, 1.165) is 5.56 Å². The minimum absolute atomic E-state index is 0.0694. The fraction of sp³-hybridized carbons (Fsp3) is 0.591. The van der Waals surface area contributed by atoms with E-state index in [2.05, 4.69) is 10.6 Å². The molecule has 7 nitrogen and oxygen atoms in total. The smallest absolute Gasteiger partial charge is 0.256 e. The third-order valence-corrected chi connectivity index (χ3v) is 7.42. The molecule has 8 heteroatoms. The van der Waals surface area contributed by atoms with Gasteiger partial charge in [0, 0.05) is 11.3 Å². The minimum atomic E-state index is -0.723. The summed E-state index contributed by atoms with van der Waals surface area (Å²) in [7, 11) is 0. The number of amides is 3. The van der Waals surface area contributed by atoms with Crippen molar-refractivity contribution in [1.82, 2.24) is 15.5 Å². The van der Waals surface area contributed by atoms with Crippen LogP contribution in [0.1, 0.15) is 55.4 Å². The second kappa shape index (κ2) is 9.39. The fourth-order valence-electron chi connectivity index (χ4n) is 3.89. The number of carbonyl (C=O) groups excluding carboxylic acids is 3. The normalized spacial score (nSPS) is 23.0. The van der Waals surface area contributed by atoms with Gasteiger partial charge in [0.15, 0.2) is 0 Å². The van der Waals surface area contributed by atoms with Crippen LogP contribution in [0.3, 0.4) is 0 Å². The van der Waals surface area contributed by atoms with Gasteiger partial charge in [0.1, 0.15) is 17.5 Å². The van der Waals surface area contributed by atoms with Crippen LogP contribution in [0.2, 0.25) is 0 Å². The number of nitrogens with one attached hydrogen (secondary N) is 2. The molecule has 0 spiro atoms. The molecule has 2 aliphatic rings. The molecule has 0 radical (unpaired) electrons. The van der Waals surface area contributed by atoms with Crippen molar-refractivity contribution in [3.05, 3.63) is 35.4 Å². The third kappa shape index (κ3) is 4.21. The molecule has 1 fully saturated rings. The first kappa shape index (κ1) is 22.6. The Morgan fingerprint density at radius 2 is 1.93 bits per heavy atom. The van der Waals surface area contributed by atoms with Crippen LogP contribution in [0.15, 0.2) is 24.3 Å². The van der Waals surface area contributed by atoms with Crippen LogP contribution in [-0.4, -0.2) is 58.2 Å². The Morgan fingerprint density at radius 1 is 1.23 bits per heavy atom. The van der Waals surface area contributed by atoms with E-state index in [1.807, 2.05) is 45.9 Å². The largest absolute Gasteiger partial charge is 0.394 e. The van der Waals surface area contributed by atoms with Crippen LogP contribution in [0.25, 0.3) is 0 Å². The molecule has 5 atom stereocenters. The van der Waals surface area contributed by atoms with Crippen LogP contribution in [0.4, 0.5) is 0 Å². The Kier molecular flexibility index (Phi) is 7.08. The van der Waals surface area contributed by atoms with Crippen molar-refractivity contribution < 1.29 is 19.5 Å². The molecule has 0 aliphatic carbocycles. The lowest BCUT2D eigenvalue weighted by Gasteiger charge is -2.30. The molecule has 2 aliphatic heterocycles. The maximum absolute atomic E-state index is 13.2. The van der Waals surface area contributed by atoms with Crippen LogP contribution < -0.4 is 10.6 Å². The highest BCUT2D eigenvalue weighted by atomic mass is 32.2. The predicted octanol–water partition coefficient (Wildman–Crippen LogP) is 1.92. The topological polar surface area (TPSA) is 98.7 Å². The number of hydrogen-bond donors (Lipinski definition) is 3. The lowest BCUT2D eigenvalue weighted by molar-refractivity contribution is -0.132. The lowest BCUT2D eigenvalue weighted by Crippen LogP contribution is -2.57. The first-order valence-corrected chi connectivity index (χ1v) is 11.6. The Bertz CT molecular complexity index is 815. The van der Waals surface area contributed by atoms with E-state index >= 15 is 0 Å². The molecule has 30 heavy (non-hydrogen) atoms. The van der Waals surface area contributed by atoms with Gasteiger partial charge in [-0.05, 0) is 23.5 Å². The van der Waals surface area contributed by atoms with E-state index in [4.69, 9.17) is 0 Å². The van der Waals surface area contributed by atoms with Crippen LogP contribution in [-0.2, 0) is 9.59 Å². The highest BCUT2D eigenvalue weighted by Gasteiger charge is 2.48. The third-order valence-electron chi connectivity index (χ3n) is 6.12. The molecule has 1 saturated heterocycles. The fourth-order valence-corrected chi connectivity index (χ4v) is 5.35. The van der Waals surface area contributed by atoms with Crippen molar-refractivity contribution in [1.29, 1.82) is 0 Å². The minimum Gasteiger partial charge on any atom is -0.394 e. The van der Waals surface area contributed by atoms with Gasteiger partial charge in [-0.2, -0.15) is 0 Å². The number of hydrogen-bond acceptors (Lipinski definition) is 5. The Balaban J connectivity index is 1.74. The lowest BCUT2D eigenvalue weighted by atomic mass is 9.96. The summed E-state index contributed by atoms with van der Waals surface area (Å²) in [5.41, 5.74) is 1.59. The molecule has 164 valence electrons. The van der Waals surface area contributed by atoms with Gasteiger partial charge in [0.2, 0.25) is 11.8 Å². The Morgan fingerprint density at radius 3 is 2.57 bits per heavy atom. The quantitative estimate of drug-likeness (QED) is 0.582. The van der Waals surface area contributed by atoms with Crippen molar-refractivity contribution in [2.24, 2.45) is 11.8 Å². The summed E-state index contributed by atoms with van der Waals surface area (Å²) < 4.78 is 0. The molecule has 1 aromatic carbocycles. The van der Waals surface area contributed by atoms with E-state index in [9.17, 15) is 19.5 Å². The number of thioether (sulfide) groups is 1. The summed E-state index contributed by atoms with van der Waals surface area (Å²) in [6.45, 7) is 7.56. The maximum Gasteiger partial charge on any atom is 0.256 e. The molecule has 0 saturated carbocycles. The van der Waals surface area contributed by atoms with E-state index in [0.29, 0.717) is 17.7 Å². The summed E-state index contributed by atoms with van der Waals surface area (Å²) in [6, 6.07) is 5.75. The summed E-state index contributed by atoms with van der Waals surface area (Å²) in [5.74, 6) is -0.265. The zero-order valence-corrected chi connectivity index (χ0v) is 18.7. The van der Waals surface area contributed by atoms with E-state index in [-0.39, 0.29) is 47.6 Å². The average molecular weight is 434 g/mol. The molecular formula is C22H31N3O4S. The zero-order valence-electron chi connectivity index (χ0n) is 17.9. The molecule has 1 aromatic rings. The molecular weight excluding hydrogens is 402 g/mol. The van der Waals surface area contributed by atoms with Crippen LogP contribution >= 0.6 is 11.8 Å². The number of fused-ring (bicyclic) bond motifs is 3. The Labute approximate surface area is 182 Å². The average Bonchev–Trinajstić information content (AvgIpc) is 3.29. The summed E-state index contributed by atoms with van der Waals surface area (Å²) in [5, 5.41) is 15.1. The first-order valence-electron chi connectivity index (χ1n) is 10.5. The molecule has 3 amide bonds. The summed E-state index contributed by atoms with van der Waals surface area (Å²) in [6.07, 6.45) is 0.708. The Hall–Kier alpha value is -2.06. The van der Waals surface area contributed by atoms with Gasteiger partial charge in [0.05, 0.1) is 12.6 Å². The monoisotopic (exact) mass is 433 g/mol. The van der Waals surface area contributed by atoms with Crippen molar-refractivity contribution in [3.63, 3.8) is 0 Å². The first-order chi connectivity index (χ1) is 14.3. The predicted molar refractivity (Wildman–Crippen MR) is 117 cm³/mol. The molecule has 0 bridgehead atoms. The van der Waals surface area contributed by atoms with Crippen LogP contribution in [0, 0.1) is 11.8 Å². The van der Waals surface area contributed by atoms with Gasteiger partial charge in [-0.3, -0.25) is 14.4 Å². The molecule has 0 unspecified atom stereocenters. The van der Waals surface area contributed by atoms with Gasteiger partial charge in [0.25, 0.3) is 5.91 Å². The van der Waals surface area contributed by atoms with Crippen molar-refractivity contribution in [3.8, 4) is 0 Å². The molecule has 3 N–H and O–H groups in total. The second-order valence-corrected chi connectivity index (χ2v) is 9.53. The van der Waals surface area contributed by atoms with Crippen molar-refractivity contribution >= 4 is 29.5 Å². The number of carbonyl (C=O) groups is 3. The van der Waals surface area contributed by atoms with Crippen LogP contribution in [0.5, 0.6) is 0 Å². The van der Waals surface area contributed by atoms with E-state index < -0.39 is 12.1 Å². The standard InChI is InChI=1S/C22H31N3O4S/c1-5-13(4)18(20(28)23-16(10-26)12(2)3)24-19(27)17-11-30-22-15-9-7-6-8-14(15)21(29)25(17)22/h6-9,12-13,16-18,22,26H,5,10-11H2,1-4H3,(H,23,28)(H,24,27)/t13-,16+,17+,18-,22-/m0/s1. The summed E-state index contributed by atoms with van der Waals surface area (Å²) in [4.78, 5) is 40.6. The molecule has 3 rings (SSSR count). The SMILES string of the molecule is CC[C@H](C)[C@H](NC(=O)[C@H]1CS[C@H]2c3ccccc3C(=O)N12)C(=O)N[C@H](CO)C(C)C. The number of aliphatic hydroxyl groups is 1. The maximum atomic E-state index is 13.2.